The van der Waals surface area contributed by atoms with E-state index in [1.807, 2.05) is 18.2 Å². The summed E-state index contributed by atoms with van der Waals surface area (Å²) in [5.41, 5.74) is 6.90. The van der Waals surface area contributed by atoms with Crippen molar-refractivity contribution < 1.29 is 0 Å². The molecular formula is C11H16BrClN2. The van der Waals surface area contributed by atoms with Crippen LogP contribution in [0.4, 0.5) is 0 Å². The number of hydrogen-bond acceptors (Lipinski definition) is 2. The first kappa shape index (κ1) is 13.0. The lowest BCUT2D eigenvalue weighted by Gasteiger charge is -2.18. The van der Waals surface area contributed by atoms with Crippen molar-refractivity contribution in [3.8, 4) is 0 Å². The third kappa shape index (κ3) is 3.76. The van der Waals surface area contributed by atoms with Crippen molar-refractivity contribution in [2.75, 3.05) is 13.1 Å². The van der Waals surface area contributed by atoms with Gasteiger partial charge in [0.15, 0.2) is 0 Å². The van der Waals surface area contributed by atoms with Crippen molar-refractivity contribution >= 4 is 27.5 Å². The molecule has 0 spiro atoms. The minimum Gasteiger partial charge on any atom is -0.329 e. The van der Waals surface area contributed by atoms with Crippen molar-refractivity contribution in [1.29, 1.82) is 0 Å². The Labute approximate surface area is 104 Å². The van der Waals surface area contributed by atoms with Crippen molar-refractivity contribution in [3.05, 3.63) is 33.3 Å². The van der Waals surface area contributed by atoms with Crippen molar-refractivity contribution in [3.63, 3.8) is 0 Å². The van der Waals surface area contributed by atoms with Crippen LogP contribution < -0.4 is 11.1 Å². The predicted octanol–water partition coefficient (Wildman–Crippen LogP) is 3.10. The fourth-order valence-corrected chi connectivity index (χ4v) is 2.38. The Bertz CT molecular complexity index is 317. The van der Waals surface area contributed by atoms with Crippen molar-refractivity contribution in [1.82, 2.24) is 5.32 Å². The van der Waals surface area contributed by atoms with E-state index in [9.17, 15) is 0 Å². The molecule has 2 nitrogen and oxygen atoms in total. The number of nitrogens with one attached hydrogen (secondary N) is 1. The van der Waals surface area contributed by atoms with Crippen LogP contribution in [-0.4, -0.2) is 13.1 Å². The SMILES string of the molecule is CCCNC(CN)c1ccc(Cl)cc1Br. The third-order valence-electron chi connectivity index (χ3n) is 2.21. The average molecular weight is 292 g/mol. The molecule has 0 fully saturated rings. The second kappa shape index (κ2) is 6.48. The Balaban J connectivity index is 2.81. The molecule has 0 saturated carbocycles. The fourth-order valence-electron chi connectivity index (χ4n) is 1.42. The van der Waals surface area contributed by atoms with Crippen LogP contribution in [0, 0.1) is 0 Å². The van der Waals surface area contributed by atoms with Gasteiger partial charge in [-0.1, -0.05) is 40.5 Å². The smallest absolute Gasteiger partial charge is 0.0455 e. The molecule has 0 aliphatic rings. The first-order valence-electron chi connectivity index (χ1n) is 5.07. The van der Waals surface area contributed by atoms with Gasteiger partial charge in [-0.15, -0.1) is 0 Å². The van der Waals surface area contributed by atoms with Crippen molar-refractivity contribution in [2.45, 2.75) is 19.4 Å². The molecule has 1 rings (SSSR count). The second-order valence-corrected chi connectivity index (χ2v) is 4.70. The Morgan fingerprint density at radius 3 is 2.80 bits per heavy atom. The van der Waals surface area contributed by atoms with Gasteiger partial charge in [-0.2, -0.15) is 0 Å². The van der Waals surface area contributed by atoms with Gasteiger partial charge in [0.1, 0.15) is 0 Å². The summed E-state index contributed by atoms with van der Waals surface area (Å²) < 4.78 is 1.01. The van der Waals surface area contributed by atoms with Crippen LogP contribution in [0.3, 0.4) is 0 Å². The summed E-state index contributed by atoms with van der Waals surface area (Å²) in [5.74, 6) is 0. The Hall–Kier alpha value is -0.0900. The predicted molar refractivity (Wildman–Crippen MR) is 69.2 cm³/mol. The molecule has 0 aromatic heterocycles. The van der Waals surface area contributed by atoms with Crippen LogP contribution in [0.1, 0.15) is 24.9 Å². The molecule has 1 atom stereocenters. The number of halogens is 2. The second-order valence-electron chi connectivity index (χ2n) is 3.41. The first-order chi connectivity index (χ1) is 7.19. The highest BCUT2D eigenvalue weighted by molar-refractivity contribution is 9.10. The maximum absolute atomic E-state index is 5.89. The van der Waals surface area contributed by atoms with Gasteiger partial charge in [-0.05, 0) is 30.7 Å². The van der Waals surface area contributed by atoms with E-state index in [-0.39, 0.29) is 6.04 Å². The van der Waals surface area contributed by atoms with Crippen LogP contribution >= 0.6 is 27.5 Å². The van der Waals surface area contributed by atoms with Gasteiger partial charge in [0, 0.05) is 22.1 Å². The number of nitrogens with two attached hydrogens (primary N) is 1. The minimum absolute atomic E-state index is 0.191. The van der Waals surface area contributed by atoms with E-state index in [2.05, 4.69) is 28.2 Å². The fraction of sp³-hybridized carbons (Fsp3) is 0.455. The summed E-state index contributed by atoms with van der Waals surface area (Å²) in [6.07, 6.45) is 1.10. The van der Waals surface area contributed by atoms with Gasteiger partial charge in [-0.25, -0.2) is 0 Å². The van der Waals surface area contributed by atoms with Crippen LogP contribution in [0.5, 0.6) is 0 Å². The molecule has 3 N–H and O–H groups in total. The van der Waals surface area contributed by atoms with Crippen molar-refractivity contribution in [2.24, 2.45) is 5.73 Å². The van der Waals surface area contributed by atoms with Crippen LogP contribution in [0.15, 0.2) is 22.7 Å². The highest BCUT2D eigenvalue weighted by Crippen LogP contribution is 2.26. The standard InChI is InChI=1S/C11H16BrClN2/c1-2-5-15-11(7-14)9-4-3-8(13)6-10(9)12/h3-4,6,11,15H,2,5,7,14H2,1H3. The molecule has 0 saturated heterocycles. The van der Waals surface area contributed by atoms with E-state index in [1.165, 1.54) is 0 Å². The van der Waals surface area contributed by atoms with Gasteiger partial charge in [-0.3, -0.25) is 0 Å². The zero-order valence-electron chi connectivity index (χ0n) is 8.76. The lowest BCUT2D eigenvalue weighted by Crippen LogP contribution is -2.29. The summed E-state index contributed by atoms with van der Waals surface area (Å²) in [7, 11) is 0. The summed E-state index contributed by atoms with van der Waals surface area (Å²) in [5, 5.41) is 4.13. The summed E-state index contributed by atoms with van der Waals surface area (Å²) in [6.45, 7) is 3.69. The van der Waals surface area contributed by atoms with Gasteiger partial charge in [0.2, 0.25) is 0 Å². The molecule has 0 radical (unpaired) electrons. The summed E-state index contributed by atoms with van der Waals surface area (Å²) >= 11 is 9.39. The zero-order chi connectivity index (χ0) is 11.3. The third-order valence-corrected chi connectivity index (χ3v) is 3.14. The molecule has 0 heterocycles. The molecule has 1 aromatic carbocycles. The molecular weight excluding hydrogens is 275 g/mol. The number of hydrogen-bond donors (Lipinski definition) is 2. The largest absolute Gasteiger partial charge is 0.329 e. The number of benzene rings is 1. The Morgan fingerprint density at radius 1 is 1.53 bits per heavy atom. The molecule has 0 bridgehead atoms. The van der Waals surface area contributed by atoms with Crippen LogP contribution in [0.25, 0.3) is 0 Å². The first-order valence-corrected chi connectivity index (χ1v) is 6.24. The minimum atomic E-state index is 0.191. The quantitative estimate of drug-likeness (QED) is 0.875. The average Bonchev–Trinajstić information content (AvgIpc) is 2.21. The van der Waals surface area contributed by atoms with E-state index < -0.39 is 0 Å². The van der Waals surface area contributed by atoms with E-state index >= 15 is 0 Å². The van der Waals surface area contributed by atoms with Crippen LogP contribution in [-0.2, 0) is 0 Å². The monoisotopic (exact) mass is 290 g/mol. The van der Waals surface area contributed by atoms with Gasteiger partial charge in [0.05, 0.1) is 0 Å². The number of rotatable bonds is 5. The maximum atomic E-state index is 5.89. The summed E-state index contributed by atoms with van der Waals surface area (Å²) in [4.78, 5) is 0. The molecule has 0 aliphatic carbocycles. The van der Waals surface area contributed by atoms with E-state index in [1.54, 1.807) is 0 Å². The lowest BCUT2D eigenvalue weighted by molar-refractivity contribution is 0.538. The zero-order valence-corrected chi connectivity index (χ0v) is 11.1. The molecule has 15 heavy (non-hydrogen) atoms. The molecule has 0 amide bonds. The molecule has 1 aromatic rings. The molecule has 84 valence electrons. The Morgan fingerprint density at radius 2 is 2.27 bits per heavy atom. The molecule has 1 unspecified atom stereocenters. The van der Waals surface area contributed by atoms with Gasteiger partial charge < -0.3 is 11.1 Å². The molecule has 0 aliphatic heterocycles. The van der Waals surface area contributed by atoms with Gasteiger partial charge >= 0.3 is 0 Å². The molecule has 4 heteroatoms. The van der Waals surface area contributed by atoms with Gasteiger partial charge in [0.25, 0.3) is 0 Å². The van der Waals surface area contributed by atoms with E-state index in [4.69, 9.17) is 17.3 Å². The maximum Gasteiger partial charge on any atom is 0.0455 e. The Kier molecular flexibility index (Phi) is 5.61. The summed E-state index contributed by atoms with van der Waals surface area (Å²) in [6, 6.07) is 5.98. The highest BCUT2D eigenvalue weighted by Gasteiger charge is 2.11. The van der Waals surface area contributed by atoms with E-state index in [0.29, 0.717) is 6.54 Å². The highest BCUT2D eigenvalue weighted by atomic mass is 79.9. The lowest BCUT2D eigenvalue weighted by atomic mass is 10.1. The van der Waals surface area contributed by atoms with E-state index in [0.717, 1.165) is 28.0 Å². The normalized spacial score (nSPS) is 12.8. The van der Waals surface area contributed by atoms with Crippen LogP contribution in [0.2, 0.25) is 5.02 Å². The topological polar surface area (TPSA) is 38.0 Å².